The maximum absolute atomic E-state index is 5.89. The molecule has 0 aliphatic heterocycles. The topological polar surface area (TPSA) is 38.1 Å². The van der Waals surface area contributed by atoms with E-state index in [1.54, 1.807) is 6.20 Å². The van der Waals surface area contributed by atoms with Crippen molar-refractivity contribution in [1.82, 2.24) is 4.98 Å². The fourth-order valence-corrected chi connectivity index (χ4v) is 2.54. The van der Waals surface area contributed by atoms with Crippen LogP contribution in [0.3, 0.4) is 0 Å². The minimum Gasteiger partial charge on any atom is -0.456 e. The summed E-state index contributed by atoms with van der Waals surface area (Å²) >= 11 is 0. The number of pyridine rings is 1. The molecule has 0 aliphatic rings. The Morgan fingerprint density at radius 2 is 1.81 bits per heavy atom. The molecule has 0 radical (unpaired) electrons. The third-order valence-corrected chi connectivity index (χ3v) is 3.60. The fraction of sp³-hybridized carbons (Fsp3) is 0.0556. The lowest BCUT2D eigenvalue weighted by atomic mass is 10.1. The number of hydrogen-bond donors (Lipinski definition) is 1. The Balaban J connectivity index is 1.66. The molecule has 0 atom stereocenters. The highest BCUT2D eigenvalue weighted by atomic mass is 16.3. The molecule has 0 saturated carbocycles. The van der Waals surface area contributed by atoms with Crippen LogP contribution in [0.5, 0.6) is 0 Å². The zero-order chi connectivity index (χ0) is 14.1. The highest BCUT2D eigenvalue weighted by Crippen LogP contribution is 2.30. The van der Waals surface area contributed by atoms with Crippen molar-refractivity contribution in [2.75, 3.05) is 5.32 Å². The van der Waals surface area contributed by atoms with Crippen molar-refractivity contribution in [3.8, 4) is 0 Å². The molecule has 0 unspecified atom stereocenters. The van der Waals surface area contributed by atoms with Crippen LogP contribution in [-0.4, -0.2) is 4.98 Å². The van der Waals surface area contributed by atoms with Gasteiger partial charge in [0.2, 0.25) is 0 Å². The first-order chi connectivity index (χ1) is 10.4. The molecule has 21 heavy (non-hydrogen) atoms. The SMILES string of the molecule is c1cncc(CNc2ccc3c(c2)oc2ccccc23)c1. The van der Waals surface area contributed by atoms with Crippen LogP contribution in [0.1, 0.15) is 5.56 Å². The first-order valence-corrected chi connectivity index (χ1v) is 6.94. The van der Waals surface area contributed by atoms with Crippen LogP contribution in [0.15, 0.2) is 71.4 Å². The Morgan fingerprint density at radius 1 is 0.905 bits per heavy atom. The molecule has 0 aliphatic carbocycles. The third-order valence-electron chi connectivity index (χ3n) is 3.60. The summed E-state index contributed by atoms with van der Waals surface area (Å²) in [6.45, 7) is 0.750. The summed E-state index contributed by atoms with van der Waals surface area (Å²) in [4.78, 5) is 4.12. The minimum atomic E-state index is 0.750. The van der Waals surface area contributed by atoms with Gasteiger partial charge in [-0.3, -0.25) is 4.98 Å². The van der Waals surface area contributed by atoms with E-state index in [1.807, 2.05) is 36.5 Å². The van der Waals surface area contributed by atoms with Gasteiger partial charge in [0.25, 0.3) is 0 Å². The molecule has 2 aromatic heterocycles. The van der Waals surface area contributed by atoms with Crippen molar-refractivity contribution in [3.05, 3.63) is 72.6 Å². The molecular weight excluding hydrogens is 260 g/mol. The van der Waals surface area contributed by atoms with Gasteiger partial charge in [-0.1, -0.05) is 24.3 Å². The van der Waals surface area contributed by atoms with E-state index < -0.39 is 0 Å². The zero-order valence-corrected chi connectivity index (χ0v) is 11.4. The molecule has 4 aromatic rings. The fourth-order valence-electron chi connectivity index (χ4n) is 2.54. The second kappa shape index (κ2) is 4.94. The number of benzene rings is 2. The highest BCUT2D eigenvalue weighted by Gasteiger charge is 2.06. The van der Waals surface area contributed by atoms with Crippen LogP contribution in [-0.2, 0) is 6.54 Å². The van der Waals surface area contributed by atoms with E-state index >= 15 is 0 Å². The number of hydrogen-bond acceptors (Lipinski definition) is 3. The Hall–Kier alpha value is -2.81. The lowest BCUT2D eigenvalue weighted by molar-refractivity contribution is 0.669. The van der Waals surface area contributed by atoms with Crippen LogP contribution < -0.4 is 5.32 Å². The molecule has 1 N–H and O–H groups in total. The van der Waals surface area contributed by atoms with Gasteiger partial charge in [-0.25, -0.2) is 0 Å². The normalized spacial score (nSPS) is 11.0. The van der Waals surface area contributed by atoms with E-state index in [0.717, 1.165) is 39.7 Å². The summed E-state index contributed by atoms with van der Waals surface area (Å²) in [5.41, 5.74) is 4.04. The number of fused-ring (bicyclic) bond motifs is 3. The monoisotopic (exact) mass is 274 g/mol. The van der Waals surface area contributed by atoms with Crippen LogP contribution in [0.25, 0.3) is 21.9 Å². The predicted molar refractivity (Wildman–Crippen MR) is 85.3 cm³/mol. The number of furan rings is 1. The van der Waals surface area contributed by atoms with E-state index in [-0.39, 0.29) is 0 Å². The van der Waals surface area contributed by atoms with Crippen molar-refractivity contribution < 1.29 is 4.42 Å². The van der Waals surface area contributed by atoms with E-state index in [4.69, 9.17) is 4.42 Å². The minimum absolute atomic E-state index is 0.750. The summed E-state index contributed by atoms with van der Waals surface area (Å²) in [7, 11) is 0. The highest BCUT2D eigenvalue weighted by molar-refractivity contribution is 6.05. The first-order valence-electron chi connectivity index (χ1n) is 6.94. The molecule has 0 bridgehead atoms. The van der Waals surface area contributed by atoms with Gasteiger partial charge in [0.15, 0.2) is 0 Å². The van der Waals surface area contributed by atoms with Crippen LogP contribution >= 0.6 is 0 Å². The summed E-state index contributed by atoms with van der Waals surface area (Å²) in [6.07, 6.45) is 3.65. The number of para-hydroxylation sites is 1. The van der Waals surface area contributed by atoms with E-state index in [2.05, 4.69) is 34.6 Å². The van der Waals surface area contributed by atoms with Gasteiger partial charge < -0.3 is 9.73 Å². The van der Waals surface area contributed by atoms with E-state index in [9.17, 15) is 0 Å². The molecule has 0 fully saturated rings. The summed E-state index contributed by atoms with van der Waals surface area (Å²) in [6, 6.07) is 18.3. The van der Waals surface area contributed by atoms with Crippen molar-refractivity contribution in [1.29, 1.82) is 0 Å². The molecule has 0 saturated heterocycles. The number of aromatic nitrogens is 1. The number of nitrogens with one attached hydrogen (secondary N) is 1. The van der Waals surface area contributed by atoms with E-state index in [0.29, 0.717) is 0 Å². The van der Waals surface area contributed by atoms with Crippen LogP contribution in [0.4, 0.5) is 5.69 Å². The van der Waals surface area contributed by atoms with E-state index in [1.165, 1.54) is 0 Å². The average Bonchev–Trinajstić information content (AvgIpc) is 2.91. The molecule has 102 valence electrons. The molecule has 3 nitrogen and oxygen atoms in total. The average molecular weight is 274 g/mol. The van der Waals surface area contributed by atoms with Crippen LogP contribution in [0, 0.1) is 0 Å². The Bertz CT molecular complexity index is 897. The maximum atomic E-state index is 5.89. The summed E-state index contributed by atoms with van der Waals surface area (Å²) in [5.74, 6) is 0. The van der Waals surface area contributed by atoms with Crippen molar-refractivity contribution in [2.45, 2.75) is 6.54 Å². The molecule has 2 heterocycles. The number of nitrogens with zero attached hydrogens (tertiary/aromatic N) is 1. The van der Waals surface area contributed by atoms with Gasteiger partial charge in [-0.2, -0.15) is 0 Å². The van der Waals surface area contributed by atoms with Crippen LogP contribution in [0.2, 0.25) is 0 Å². The zero-order valence-electron chi connectivity index (χ0n) is 11.4. The lowest BCUT2D eigenvalue weighted by Gasteiger charge is -2.05. The maximum Gasteiger partial charge on any atom is 0.137 e. The summed E-state index contributed by atoms with van der Waals surface area (Å²) < 4.78 is 5.89. The smallest absolute Gasteiger partial charge is 0.137 e. The van der Waals surface area contributed by atoms with Gasteiger partial charge >= 0.3 is 0 Å². The molecule has 2 aromatic carbocycles. The molecule has 4 rings (SSSR count). The van der Waals surface area contributed by atoms with Crippen molar-refractivity contribution in [2.24, 2.45) is 0 Å². The van der Waals surface area contributed by atoms with Gasteiger partial charge in [0.05, 0.1) is 0 Å². The molecule has 0 amide bonds. The Morgan fingerprint density at radius 3 is 2.71 bits per heavy atom. The lowest BCUT2D eigenvalue weighted by Crippen LogP contribution is -1.99. The van der Waals surface area contributed by atoms with Gasteiger partial charge in [0.1, 0.15) is 11.2 Å². The Labute approximate surface area is 122 Å². The predicted octanol–water partition coefficient (Wildman–Crippen LogP) is 4.59. The van der Waals surface area contributed by atoms with Crippen molar-refractivity contribution >= 4 is 27.6 Å². The van der Waals surface area contributed by atoms with Gasteiger partial charge in [0, 0.05) is 41.5 Å². The second-order valence-electron chi connectivity index (χ2n) is 5.02. The Kier molecular flexibility index (Phi) is 2.82. The number of anilines is 1. The van der Waals surface area contributed by atoms with Gasteiger partial charge in [-0.05, 0) is 29.8 Å². The molecule has 3 heteroatoms. The summed E-state index contributed by atoms with van der Waals surface area (Å²) in [5, 5.41) is 5.71. The number of rotatable bonds is 3. The third kappa shape index (κ3) is 2.23. The van der Waals surface area contributed by atoms with Crippen molar-refractivity contribution in [3.63, 3.8) is 0 Å². The molecule has 0 spiro atoms. The van der Waals surface area contributed by atoms with Gasteiger partial charge in [-0.15, -0.1) is 0 Å². The largest absolute Gasteiger partial charge is 0.456 e. The molecular formula is C18H14N2O. The first kappa shape index (κ1) is 12.0. The second-order valence-corrected chi connectivity index (χ2v) is 5.02. The quantitative estimate of drug-likeness (QED) is 0.593. The standard InChI is InChI=1S/C18H14N2O/c1-2-6-17-15(5-1)16-8-7-14(10-18(16)21-17)20-12-13-4-3-9-19-11-13/h1-11,20H,12H2.